The first kappa shape index (κ1) is 13.0. The van der Waals surface area contributed by atoms with Gasteiger partial charge in [0.2, 0.25) is 0 Å². The Bertz CT molecular complexity index is 350. The van der Waals surface area contributed by atoms with Crippen molar-refractivity contribution in [3.8, 4) is 0 Å². The molecule has 0 amide bonds. The summed E-state index contributed by atoms with van der Waals surface area (Å²) in [5, 5.41) is 8.77. The van der Waals surface area contributed by atoms with Crippen LogP contribution in [0.5, 0.6) is 0 Å². The number of rotatable bonds is 4. The van der Waals surface area contributed by atoms with Crippen LogP contribution in [0.25, 0.3) is 0 Å². The Kier molecular flexibility index (Phi) is 3.60. The van der Waals surface area contributed by atoms with E-state index in [-0.39, 0.29) is 5.41 Å². The number of hydrogen-bond acceptors (Lipinski definition) is 4. The molecule has 0 aliphatic rings. The molecule has 1 aromatic rings. The summed E-state index contributed by atoms with van der Waals surface area (Å²) >= 11 is 0. The van der Waals surface area contributed by atoms with E-state index in [1.54, 1.807) is 12.3 Å². The molecule has 1 radical (unpaired) electrons. The summed E-state index contributed by atoms with van der Waals surface area (Å²) in [5.74, 6) is 0.493. The van der Waals surface area contributed by atoms with Crippen LogP contribution in [0.1, 0.15) is 33.3 Å². The SMILES string of the molecule is CC(C)(O[B]O)C(C)(C)c1ccc(N)nc1. The average molecular weight is 221 g/mol. The fourth-order valence-electron chi connectivity index (χ4n) is 1.40. The molecule has 0 saturated carbocycles. The van der Waals surface area contributed by atoms with Crippen LogP contribution in [-0.4, -0.2) is 23.3 Å². The third-order valence-electron chi connectivity index (χ3n) is 3.36. The van der Waals surface area contributed by atoms with Crippen LogP contribution in [0.4, 0.5) is 5.82 Å². The van der Waals surface area contributed by atoms with E-state index < -0.39 is 5.60 Å². The molecule has 1 heterocycles. The zero-order valence-corrected chi connectivity index (χ0v) is 10.2. The number of pyridine rings is 1. The molecule has 0 spiro atoms. The average Bonchev–Trinajstić information content (AvgIpc) is 2.18. The molecule has 1 aromatic heterocycles. The zero-order chi connectivity index (χ0) is 12.4. The van der Waals surface area contributed by atoms with Gasteiger partial charge in [-0.15, -0.1) is 0 Å². The molecule has 0 atom stereocenters. The normalized spacial score (nSPS) is 12.6. The van der Waals surface area contributed by atoms with Gasteiger partial charge in [0.25, 0.3) is 0 Å². The largest absolute Gasteiger partial charge is 0.485 e. The molecule has 0 bridgehead atoms. The van der Waals surface area contributed by atoms with E-state index in [2.05, 4.69) is 4.98 Å². The van der Waals surface area contributed by atoms with E-state index in [1.165, 1.54) is 0 Å². The molecule has 0 saturated heterocycles. The fraction of sp³-hybridized carbons (Fsp3) is 0.545. The molecular formula is C11H18BN2O2. The minimum absolute atomic E-state index is 0.299. The number of nitrogens with zero attached hydrogens (tertiary/aromatic N) is 1. The molecule has 87 valence electrons. The summed E-state index contributed by atoms with van der Waals surface area (Å²) in [6.07, 6.45) is 1.73. The van der Waals surface area contributed by atoms with Gasteiger partial charge in [0.1, 0.15) is 5.82 Å². The van der Waals surface area contributed by atoms with E-state index in [1.807, 2.05) is 33.8 Å². The van der Waals surface area contributed by atoms with Crippen molar-refractivity contribution < 1.29 is 9.68 Å². The van der Waals surface area contributed by atoms with Crippen molar-refractivity contribution in [1.82, 2.24) is 4.98 Å². The number of nitrogen functional groups attached to an aromatic ring is 1. The molecule has 5 heteroatoms. The summed E-state index contributed by atoms with van der Waals surface area (Å²) < 4.78 is 5.25. The summed E-state index contributed by atoms with van der Waals surface area (Å²) in [6.45, 7) is 7.89. The zero-order valence-electron chi connectivity index (χ0n) is 10.2. The predicted octanol–water partition coefficient (Wildman–Crippen LogP) is 1.26. The quantitative estimate of drug-likeness (QED) is 0.751. The molecule has 0 aromatic carbocycles. The van der Waals surface area contributed by atoms with Crippen LogP contribution in [-0.2, 0) is 10.1 Å². The highest BCUT2D eigenvalue weighted by atomic mass is 16.5. The van der Waals surface area contributed by atoms with Crippen LogP contribution in [0.3, 0.4) is 0 Å². The third-order valence-corrected chi connectivity index (χ3v) is 3.36. The summed E-state index contributed by atoms with van der Waals surface area (Å²) in [6, 6.07) is 3.68. The Morgan fingerprint density at radius 2 is 1.94 bits per heavy atom. The lowest BCUT2D eigenvalue weighted by molar-refractivity contribution is 0.0255. The monoisotopic (exact) mass is 221 g/mol. The van der Waals surface area contributed by atoms with Crippen molar-refractivity contribution >= 4 is 13.5 Å². The second-order valence-corrected chi connectivity index (χ2v) is 4.83. The van der Waals surface area contributed by atoms with Crippen LogP contribution in [0.2, 0.25) is 0 Å². The van der Waals surface area contributed by atoms with Crippen LogP contribution in [0.15, 0.2) is 18.3 Å². The highest BCUT2D eigenvalue weighted by molar-refractivity contribution is 6.16. The first-order chi connectivity index (χ1) is 7.31. The van der Waals surface area contributed by atoms with Gasteiger partial charge in [0.05, 0.1) is 5.60 Å². The topological polar surface area (TPSA) is 68.4 Å². The van der Waals surface area contributed by atoms with Crippen molar-refractivity contribution in [3.05, 3.63) is 23.9 Å². The van der Waals surface area contributed by atoms with Crippen molar-refractivity contribution in [2.45, 2.75) is 38.7 Å². The van der Waals surface area contributed by atoms with Gasteiger partial charge in [0, 0.05) is 11.6 Å². The van der Waals surface area contributed by atoms with Crippen LogP contribution in [0, 0.1) is 0 Å². The molecule has 0 aliphatic carbocycles. The van der Waals surface area contributed by atoms with Gasteiger partial charge >= 0.3 is 7.69 Å². The van der Waals surface area contributed by atoms with Gasteiger partial charge in [-0.2, -0.15) is 0 Å². The lowest BCUT2D eigenvalue weighted by atomic mass is 9.72. The number of hydrogen-bond donors (Lipinski definition) is 2. The fourth-order valence-corrected chi connectivity index (χ4v) is 1.40. The second kappa shape index (κ2) is 4.43. The molecule has 0 fully saturated rings. The standard InChI is InChI=1S/C11H18BN2O2/c1-10(2,11(3,4)16-12-15)8-5-6-9(13)14-7-8/h5-7,15H,1-4H3,(H2,13,14). The summed E-state index contributed by atoms with van der Waals surface area (Å²) in [4.78, 5) is 4.07. The number of nitrogens with two attached hydrogens (primary N) is 1. The molecule has 4 nitrogen and oxygen atoms in total. The summed E-state index contributed by atoms with van der Waals surface area (Å²) in [7, 11) is 0.729. The van der Waals surface area contributed by atoms with E-state index in [0.717, 1.165) is 13.2 Å². The van der Waals surface area contributed by atoms with Crippen molar-refractivity contribution in [2.24, 2.45) is 0 Å². The van der Waals surface area contributed by atoms with Gasteiger partial charge in [-0.25, -0.2) is 4.98 Å². The second-order valence-electron chi connectivity index (χ2n) is 4.83. The van der Waals surface area contributed by atoms with Crippen LogP contribution < -0.4 is 5.73 Å². The maximum Gasteiger partial charge on any atom is 0.485 e. The van der Waals surface area contributed by atoms with Gasteiger partial charge in [-0.3, -0.25) is 0 Å². The molecule has 0 aliphatic heterocycles. The Morgan fingerprint density at radius 3 is 2.38 bits per heavy atom. The Morgan fingerprint density at radius 1 is 1.31 bits per heavy atom. The minimum Gasteiger partial charge on any atom is -0.429 e. The Labute approximate surface area is 97.1 Å². The van der Waals surface area contributed by atoms with Crippen molar-refractivity contribution in [1.29, 1.82) is 0 Å². The smallest absolute Gasteiger partial charge is 0.429 e. The van der Waals surface area contributed by atoms with E-state index in [4.69, 9.17) is 15.4 Å². The van der Waals surface area contributed by atoms with E-state index in [9.17, 15) is 0 Å². The predicted molar refractivity (Wildman–Crippen MR) is 64.8 cm³/mol. The lowest BCUT2D eigenvalue weighted by Crippen LogP contribution is -2.46. The minimum atomic E-state index is -0.542. The van der Waals surface area contributed by atoms with Crippen molar-refractivity contribution in [2.75, 3.05) is 5.73 Å². The number of anilines is 1. The highest BCUT2D eigenvalue weighted by Gasteiger charge is 2.39. The first-order valence-corrected chi connectivity index (χ1v) is 5.17. The first-order valence-electron chi connectivity index (χ1n) is 5.17. The third kappa shape index (κ3) is 2.36. The van der Waals surface area contributed by atoms with Crippen LogP contribution >= 0.6 is 0 Å². The van der Waals surface area contributed by atoms with Gasteiger partial charge in [-0.1, -0.05) is 19.9 Å². The van der Waals surface area contributed by atoms with Gasteiger partial charge in [-0.05, 0) is 25.5 Å². The Balaban J connectivity index is 3.05. The Hall–Kier alpha value is -1.07. The lowest BCUT2D eigenvalue weighted by Gasteiger charge is -2.41. The molecular weight excluding hydrogens is 203 g/mol. The summed E-state index contributed by atoms with van der Waals surface area (Å²) in [5.41, 5.74) is 5.72. The van der Waals surface area contributed by atoms with E-state index in [0.29, 0.717) is 5.82 Å². The van der Waals surface area contributed by atoms with E-state index >= 15 is 0 Å². The van der Waals surface area contributed by atoms with Gasteiger partial charge in [0.15, 0.2) is 0 Å². The number of aromatic nitrogens is 1. The molecule has 3 N–H and O–H groups in total. The van der Waals surface area contributed by atoms with Gasteiger partial charge < -0.3 is 15.4 Å². The van der Waals surface area contributed by atoms with Crippen molar-refractivity contribution in [3.63, 3.8) is 0 Å². The molecule has 1 rings (SSSR count). The molecule has 16 heavy (non-hydrogen) atoms. The maximum atomic E-state index is 8.77. The maximum absolute atomic E-state index is 8.77. The highest BCUT2D eigenvalue weighted by Crippen LogP contribution is 2.36. The molecule has 0 unspecified atom stereocenters.